The molecule has 2 saturated heterocycles. The van der Waals surface area contributed by atoms with Crippen LogP contribution in [0.3, 0.4) is 0 Å². The van der Waals surface area contributed by atoms with Crippen molar-refractivity contribution < 1.29 is 14.2 Å². The molecule has 10 heteroatoms. The zero-order valence-electron chi connectivity index (χ0n) is 23.1. The lowest BCUT2D eigenvalue weighted by Gasteiger charge is -2.33. The number of pyridine rings is 1. The lowest BCUT2D eigenvalue weighted by atomic mass is 10.0. The fourth-order valence-corrected chi connectivity index (χ4v) is 5.84. The quantitative estimate of drug-likeness (QED) is 0.322. The topological polar surface area (TPSA) is 107 Å². The van der Waals surface area contributed by atoms with Gasteiger partial charge in [-0.3, -0.25) is 9.69 Å². The van der Waals surface area contributed by atoms with Gasteiger partial charge >= 0.3 is 0 Å². The molecule has 2 aromatic carbocycles. The number of aromatic nitrogens is 5. The first-order valence-corrected chi connectivity index (χ1v) is 14.1. The zero-order valence-corrected chi connectivity index (χ0v) is 23.1. The number of aromatic amines is 1. The molecule has 0 spiro atoms. The highest BCUT2D eigenvalue weighted by Crippen LogP contribution is 2.31. The second-order valence-electron chi connectivity index (χ2n) is 10.8. The number of hydrogen-bond donors (Lipinski definition) is 1. The molecule has 0 radical (unpaired) electrons. The Morgan fingerprint density at radius 1 is 1.07 bits per heavy atom. The Morgan fingerprint density at radius 3 is 2.58 bits per heavy atom. The largest absolute Gasteiger partial charge is 0.497 e. The van der Waals surface area contributed by atoms with Crippen molar-refractivity contribution in [3.8, 4) is 5.75 Å². The van der Waals surface area contributed by atoms with Gasteiger partial charge in [0.05, 0.1) is 25.9 Å². The van der Waals surface area contributed by atoms with Gasteiger partial charge in [0, 0.05) is 37.4 Å². The predicted molar refractivity (Wildman–Crippen MR) is 150 cm³/mol. The molecule has 0 saturated carbocycles. The number of fused-ring (bicyclic) bond motifs is 1. The molecule has 40 heavy (non-hydrogen) atoms. The number of H-pyrrole nitrogens is 1. The first-order valence-electron chi connectivity index (χ1n) is 14.1. The van der Waals surface area contributed by atoms with Crippen molar-refractivity contribution >= 4 is 10.9 Å². The minimum absolute atomic E-state index is 0.0497. The molecule has 1 N–H and O–H groups in total. The molecule has 4 heterocycles. The summed E-state index contributed by atoms with van der Waals surface area (Å²) in [6.07, 6.45) is 4.10. The minimum atomic E-state index is -0.503. The van der Waals surface area contributed by atoms with Crippen molar-refractivity contribution in [1.82, 2.24) is 30.1 Å². The Labute approximate surface area is 233 Å². The van der Waals surface area contributed by atoms with E-state index in [2.05, 4.69) is 50.5 Å². The number of rotatable bonds is 10. The van der Waals surface area contributed by atoms with Crippen LogP contribution in [0.2, 0.25) is 0 Å². The van der Waals surface area contributed by atoms with E-state index in [0.29, 0.717) is 31.0 Å². The van der Waals surface area contributed by atoms with Crippen molar-refractivity contribution in [3.05, 3.63) is 81.4 Å². The number of methoxy groups -OCH3 is 1. The molecule has 2 fully saturated rings. The summed E-state index contributed by atoms with van der Waals surface area (Å²) in [6, 6.07) is 15.6. The van der Waals surface area contributed by atoms with Gasteiger partial charge < -0.3 is 19.2 Å². The third-order valence-corrected chi connectivity index (χ3v) is 7.90. The highest BCUT2D eigenvalue weighted by atomic mass is 16.5. The second-order valence-corrected chi connectivity index (χ2v) is 10.8. The molecule has 10 nitrogen and oxygen atoms in total. The lowest BCUT2D eigenvalue weighted by molar-refractivity contribution is 0.0555. The Balaban J connectivity index is 1.47. The van der Waals surface area contributed by atoms with E-state index in [9.17, 15) is 4.79 Å². The number of nitrogens with zero attached hydrogens (tertiary/aromatic N) is 5. The number of benzene rings is 2. The maximum atomic E-state index is 13.8. The summed E-state index contributed by atoms with van der Waals surface area (Å²) in [5.41, 5.74) is 3.47. The molecule has 2 aliphatic rings. The van der Waals surface area contributed by atoms with Crippen LogP contribution >= 0.6 is 0 Å². The third kappa shape index (κ3) is 5.79. The van der Waals surface area contributed by atoms with Crippen LogP contribution in [0.15, 0.2) is 53.3 Å². The summed E-state index contributed by atoms with van der Waals surface area (Å²) in [4.78, 5) is 19.2. The van der Waals surface area contributed by atoms with E-state index in [1.165, 1.54) is 0 Å². The molecule has 0 amide bonds. The molecule has 3 unspecified atom stereocenters. The summed E-state index contributed by atoms with van der Waals surface area (Å²) in [6.45, 7) is 5.30. The zero-order chi connectivity index (χ0) is 27.5. The van der Waals surface area contributed by atoms with Crippen LogP contribution in [0, 0.1) is 6.92 Å². The van der Waals surface area contributed by atoms with Gasteiger partial charge in [0.1, 0.15) is 11.8 Å². The van der Waals surface area contributed by atoms with Crippen LogP contribution < -0.4 is 10.3 Å². The van der Waals surface area contributed by atoms with Gasteiger partial charge in [-0.05, 0) is 84.3 Å². The van der Waals surface area contributed by atoms with E-state index >= 15 is 0 Å². The van der Waals surface area contributed by atoms with Gasteiger partial charge in [-0.1, -0.05) is 23.8 Å². The van der Waals surface area contributed by atoms with Crippen LogP contribution in [0.4, 0.5) is 0 Å². The van der Waals surface area contributed by atoms with E-state index in [0.717, 1.165) is 66.7 Å². The lowest BCUT2D eigenvalue weighted by Crippen LogP contribution is -2.39. The summed E-state index contributed by atoms with van der Waals surface area (Å²) < 4.78 is 19.2. The maximum absolute atomic E-state index is 13.8. The van der Waals surface area contributed by atoms with Gasteiger partial charge in [-0.25, -0.2) is 4.68 Å². The van der Waals surface area contributed by atoms with Crippen molar-refractivity contribution in [2.24, 2.45) is 0 Å². The van der Waals surface area contributed by atoms with E-state index in [1.54, 1.807) is 7.11 Å². The molecule has 4 aromatic rings. The molecule has 210 valence electrons. The van der Waals surface area contributed by atoms with Crippen LogP contribution in [0.1, 0.15) is 54.2 Å². The van der Waals surface area contributed by atoms with E-state index in [1.807, 2.05) is 35.0 Å². The molecule has 2 aromatic heterocycles. The maximum Gasteiger partial charge on any atom is 0.253 e. The Kier molecular flexibility index (Phi) is 7.90. The average molecular weight is 545 g/mol. The first kappa shape index (κ1) is 26.6. The Hall–Kier alpha value is -3.60. The average Bonchev–Trinajstić information content (AvgIpc) is 3.75. The summed E-state index contributed by atoms with van der Waals surface area (Å²) >= 11 is 0. The second kappa shape index (κ2) is 11.9. The third-order valence-electron chi connectivity index (χ3n) is 7.90. The van der Waals surface area contributed by atoms with E-state index < -0.39 is 6.04 Å². The normalized spacial score (nSPS) is 20.0. The van der Waals surface area contributed by atoms with Gasteiger partial charge in [0.15, 0.2) is 5.82 Å². The summed E-state index contributed by atoms with van der Waals surface area (Å²) in [5, 5.41) is 13.9. The number of nitrogens with one attached hydrogen (secondary N) is 1. The van der Waals surface area contributed by atoms with Gasteiger partial charge in [0.25, 0.3) is 5.56 Å². The first-order chi connectivity index (χ1) is 19.6. The number of ether oxygens (including phenoxy) is 3. The number of tetrazole rings is 1. The molecule has 2 aliphatic heterocycles. The van der Waals surface area contributed by atoms with Crippen LogP contribution in [-0.4, -0.2) is 69.2 Å². The Morgan fingerprint density at radius 2 is 1.85 bits per heavy atom. The predicted octanol–water partition coefficient (Wildman–Crippen LogP) is 3.78. The molecule has 6 rings (SSSR count). The van der Waals surface area contributed by atoms with Crippen molar-refractivity contribution in [2.75, 3.05) is 26.9 Å². The van der Waals surface area contributed by atoms with Gasteiger partial charge in [0.2, 0.25) is 0 Å². The smallest absolute Gasteiger partial charge is 0.253 e. The molecule has 3 atom stereocenters. The number of aryl methyl sites for hydroxylation is 1. The van der Waals surface area contributed by atoms with E-state index in [-0.39, 0.29) is 17.8 Å². The standard InChI is InChI=1S/C30H36N6O4/c1-20-7-12-27-22(15-20)16-26(30(37)31-27)28(29-32-33-34-36(29)19-25-6-4-14-40-25)35(18-24-5-3-13-39-24)17-21-8-10-23(38-2)11-9-21/h7-12,15-16,24-25,28H,3-6,13-14,17-19H2,1-2H3,(H,31,37). The van der Waals surface area contributed by atoms with Crippen LogP contribution in [-0.2, 0) is 22.6 Å². The van der Waals surface area contributed by atoms with Gasteiger partial charge in [-0.15, -0.1) is 5.10 Å². The molecule has 0 bridgehead atoms. The van der Waals surface area contributed by atoms with Crippen molar-refractivity contribution in [2.45, 2.75) is 63.9 Å². The fourth-order valence-electron chi connectivity index (χ4n) is 5.84. The number of hydrogen-bond acceptors (Lipinski definition) is 8. The van der Waals surface area contributed by atoms with Crippen LogP contribution in [0.25, 0.3) is 10.9 Å². The Bertz CT molecular complexity index is 1490. The highest BCUT2D eigenvalue weighted by molar-refractivity contribution is 5.79. The van der Waals surface area contributed by atoms with Crippen molar-refractivity contribution in [3.63, 3.8) is 0 Å². The van der Waals surface area contributed by atoms with Gasteiger partial charge in [-0.2, -0.15) is 0 Å². The molecular weight excluding hydrogens is 508 g/mol. The van der Waals surface area contributed by atoms with E-state index in [4.69, 9.17) is 14.2 Å². The molecule has 0 aliphatic carbocycles. The SMILES string of the molecule is COc1ccc(CN(CC2CCCO2)C(c2cc3cc(C)ccc3[nH]c2=O)c2nnnn2CC2CCCO2)cc1. The monoisotopic (exact) mass is 544 g/mol. The van der Waals surface area contributed by atoms with Crippen LogP contribution in [0.5, 0.6) is 5.75 Å². The molecular formula is C30H36N6O4. The summed E-state index contributed by atoms with van der Waals surface area (Å²) in [7, 11) is 1.66. The van der Waals surface area contributed by atoms with Crippen molar-refractivity contribution in [1.29, 1.82) is 0 Å². The fraction of sp³-hybridized carbons (Fsp3) is 0.467. The highest BCUT2D eigenvalue weighted by Gasteiger charge is 2.34. The summed E-state index contributed by atoms with van der Waals surface area (Å²) in [5.74, 6) is 1.42. The minimum Gasteiger partial charge on any atom is -0.497 e.